The molecule has 0 fully saturated rings. The second-order valence-corrected chi connectivity index (χ2v) is 5.83. The van der Waals surface area contributed by atoms with E-state index in [2.05, 4.69) is 52.4 Å². The molecule has 1 rings (SSSR count). The van der Waals surface area contributed by atoms with Crippen molar-refractivity contribution in [2.75, 3.05) is 12.4 Å². The van der Waals surface area contributed by atoms with Crippen molar-refractivity contribution in [3.8, 4) is 0 Å². The van der Waals surface area contributed by atoms with Crippen molar-refractivity contribution >= 4 is 33.4 Å². The molecule has 0 saturated heterocycles. The summed E-state index contributed by atoms with van der Waals surface area (Å²) in [5, 5.41) is 3.11. The highest BCUT2D eigenvalue weighted by atomic mass is 79.9. The lowest BCUT2D eigenvalue weighted by Gasteiger charge is -2.05. The monoisotopic (exact) mass is 245 g/mol. The van der Waals surface area contributed by atoms with Gasteiger partial charge in [-0.25, -0.2) is 0 Å². The zero-order valence-electron chi connectivity index (χ0n) is 7.17. The van der Waals surface area contributed by atoms with E-state index in [1.165, 1.54) is 4.90 Å². The van der Waals surface area contributed by atoms with Gasteiger partial charge in [0.25, 0.3) is 0 Å². The molecule has 0 aliphatic carbocycles. The van der Waals surface area contributed by atoms with Gasteiger partial charge < -0.3 is 5.32 Å². The van der Waals surface area contributed by atoms with Crippen molar-refractivity contribution < 1.29 is 0 Å². The minimum atomic E-state index is 0.463. The van der Waals surface area contributed by atoms with Gasteiger partial charge in [0.05, 0.1) is 4.16 Å². The number of alkyl halides is 1. The molecule has 0 heterocycles. The molecule has 1 unspecified atom stereocenters. The number of halogens is 1. The van der Waals surface area contributed by atoms with E-state index in [0.29, 0.717) is 4.16 Å². The lowest BCUT2D eigenvalue weighted by Crippen LogP contribution is -1.88. The maximum atomic E-state index is 3.50. The Morgan fingerprint density at radius 1 is 1.50 bits per heavy atom. The molecule has 1 N–H and O–H groups in total. The Balaban J connectivity index is 2.72. The molecule has 1 aromatic carbocycles. The Morgan fingerprint density at radius 3 is 2.83 bits per heavy atom. The zero-order valence-corrected chi connectivity index (χ0v) is 9.58. The Kier molecular flexibility index (Phi) is 3.95. The second-order valence-electron chi connectivity index (χ2n) is 2.44. The number of thioether (sulfide) groups is 1. The molecule has 0 aromatic heterocycles. The molecule has 0 amide bonds. The average Bonchev–Trinajstić information content (AvgIpc) is 2.03. The summed E-state index contributed by atoms with van der Waals surface area (Å²) in [4.78, 5) is 1.28. The first-order valence-electron chi connectivity index (χ1n) is 3.81. The van der Waals surface area contributed by atoms with Crippen LogP contribution in [0.2, 0.25) is 0 Å². The van der Waals surface area contributed by atoms with Crippen molar-refractivity contribution in [3.63, 3.8) is 0 Å². The fourth-order valence-corrected chi connectivity index (χ4v) is 2.29. The lowest BCUT2D eigenvalue weighted by molar-refractivity contribution is 1.38. The summed E-state index contributed by atoms with van der Waals surface area (Å²) < 4.78 is 0.463. The molecule has 0 radical (unpaired) electrons. The summed E-state index contributed by atoms with van der Waals surface area (Å²) >= 11 is 5.30. The van der Waals surface area contributed by atoms with Crippen molar-refractivity contribution in [3.05, 3.63) is 24.3 Å². The third-order valence-electron chi connectivity index (χ3n) is 1.42. The van der Waals surface area contributed by atoms with Gasteiger partial charge in [0.15, 0.2) is 0 Å². The molecule has 0 aliphatic heterocycles. The van der Waals surface area contributed by atoms with Crippen LogP contribution in [0.4, 0.5) is 5.69 Å². The summed E-state index contributed by atoms with van der Waals surface area (Å²) in [5.74, 6) is 0. The standard InChI is InChI=1S/C9H12BrNS/c1-7(10)12-9-5-3-4-8(6-9)11-2/h3-7,11H,1-2H3. The minimum Gasteiger partial charge on any atom is -0.388 e. The number of benzene rings is 1. The van der Waals surface area contributed by atoms with E-state index in [-0.39, 0.29) is 0 Å². The van der Waals surface area contributed by atoms with Crippen LogP contribution in [0, 0.1) is 0 Å². The maximum Gasteiger partial charge on any atom is 0.0619 e. The highest BCUT2D eigenvalue weighted by Crippen LogP contribution is 2.28. The van der Waals surface area contributed by atoms with E-state index in [9.17, 15) is 0 Å². The Bertz CT molecular complexity index is 250. The van der Waals surface area contributed by atoms with Crippen LogP contribution in [0.25, 0.3) is 0 Å². The molecular formula is C9H12BrNS. The number of rotatable bonds is 3. The highest BCUT2D eigenvalue weighted by Gasteiger charge is 1.99. The van der Waals surface area contributed by atoms with Crippen molar-refractivity contribution in [1.82, 2.24) is 0 Å². The van der Waals surface area contributed by atoms with Crippen LogP contribution in [0.1, 0.15) is 6.92 Å². The number of hydrogen-bond donors (Lipinski definition) is 1. The predicted molar refractivity (Wildman–Crippen MR) is 60.2 cm³/mol. The van der Waals surface area contributed by atoms with E-state index >= 15 is 0 Å². The minimum absolute atomic E-state index is 0.463. The van der Waals surface area contributed by atoms with Crippen LogP contribution < -0.4 is 5.32 Å². The zero-order chi connectivity index (χ0) is 8.97. The van der Waals surface area contributed by atoms with Crippen LogP contribution in [-0.4, -0.2) is 11.2 Å². The number of nitrogens with one attached hydrogen (secondary N) is 1. The maximum absolute atomic E-state index is 3.50. The van der Waals surface area contributed by atoms with Crippen molar-refractivity contribution in [2.24, 2.45) is 0 Å². The van der Waals surface area contributed by atoms with Gasteiger partial charge in [-0.3, -0.25) is 0 Å². The van der Waals surface area contributed by atoms with Crippen LogP contribution in [0.5, 0.6) is 0 Å². The molecule has 12 heavy (non-hydrogen) atoms. The van der Waals surface area contributed by atoms with Gasteiger partial charge in [-0.2, -0.15) is 0 Å². The van der Waals surface area contributed by atoms with E-state index < -0.39 is 0 Å². The van der Waals surface area contributed by atoms with Crippen LogP contribution in [0.15, 0.2) is 29.2 Å². The lowest BCUT2D eigenvalue weighted by atomic mass is 10.3. The molecule has 1 nitrogen and oxygen atoms in total. The fourth-order valence-electron chi connectivity index (χ4n) is 0.912. The predicted octanol–water partition coefficient (Wildman–Crippen LogP) is 3.56. The molecule has 0 spiro atoms. The Labute approximate surface area is 86.1 Å². The molecule has 0 aliphatic rings. The third-order valence-corrected chi connectivity index (χ3v) is 2.83. The number of hydrogen-bond acceptors (Lipinski definition) is 2. The number of anilines is 1. The first-order chi connectivity index (χ1) is 5.72. The molecule has 1 atom stereocenters. The summed E-state index contributed by atoms with van der Waals surface area (Å²) in [7, 11) is 1.93. The average molecular weight is 246 g/mol. The SMILES string of the molecule is CNc1cccc(SC(C)Br)c1. The molecular weight excluding hydrogens is 234 g/mol. The third kappa shape index (κ3) is 3.07. The molecule has 3 heteroatoms. The van der Waals surface area contributed by atoms with E-state index in [4.69, 9.17) is 0 Å². The highest BCUT2D eigenvalue weighted by molar-refractivity contribution is 9.11. The van der Waals surface area contributed by atoms with Gasteiger partial charge in [0.1, 0.15) is 0 Å². The van der Waals surface area contributed by atoms with Gasteiger partial charge in [-0.15, -0.1) is 11.8 Å². The smallest absolute Gasteiger partial charge is 0.0619 e. The van der Waals surface area contributed by atoms with Crippen LogP contribution in [-0.2, 0) is 0 Å². The van der Waals surface area contributed by atoms with Crippen molar-refractivity contribution in [2.45, 2.75) is 16.0 Å². The van der Waals surface area contributed by atoms with E-state index in [0.717, 1.165) is 5.69 Å². The molecule has 0 bridgehead atoms. The van der Waals surface area contributed by atoms with Gasteiger partial charge >= 0.3 is 0 Å². The van der Waals surface area contributed by atoms with Crippen LogP contribution in [0.3, 0.4) is 0 Å². The molecule has 66 valence electrons. The summed E-state index contributed by atoms with van der Waals surface area (Å²) in [6.07, 6.45) is 0. The Hall–Kier alpha value is -0.150. The fraction of sp³-hybridized carbons (Fsp3) is 0.333. The molecule has 1 aromatic rings. The Morgan fingerprint density at radius 2 is 2.25 bits per heavy atom. The van der Waals surface area contributed by atoms with E-state index in [1.807, 2.05) is 7.05 Å². The quantitative estimate of drug-likeness (QED) is 0.646. The second kappa shape index (κ2) is 4.77. The first-order valence-corrected chi connectivity index (χ1v) is 5.60. The summed E-state index contributed by atoms with van der Waals surface area (Å²) in [5.41, 5.74) is 1.16. The van der Waals surface area contributed by atoms with Gasteiger partial charge in [0, 0.05) is 17.6 Å². The van der Waals surface area contributed by atoms with Crippen LogP contribution >= 0.6 is 27.7 Å². The van der Waals surface area contributed by atoms with Gasteiger partial charge in [-0.05, 0) is 25.1 Å². The summed E-state index contributed by atoms with van der Waals surface area (Å²) in [6.45, 7) is 2.12. The van der Waals surface area contributed by atoms with Crippen molar-refractivity contribution in [1.29, 1.82) is 0 Å². The topological polar surface area (TPSA) is 12.0 Å². The van der Waals surface area contributed by atoms with Gasteiger partial charge in [0.2, 0.25) is 0 Å². The van der Waals surface area contributed by atoms with E-state index in [1.54, 1.807) is 11.8 Å². The molecule has 0 saturated carbocycles. The summed E-state index contributed by atoms with van der Waals surface area (Å²) in [6, 6.07) is 8.37. The normalized spacial score (nSPS) is 12.6. The first kappa shape index (κ1) is 9.93. The largest absolute Gasteiger partial charge is 0.388 e. The van der Waals surface area contributed by atoms with Gasteiger partial charge in [-0.1, -0.05) is 22.0 Å².